The predicted molar refractivity (Wildman–Crippen MR) is 94.4 cm³/mol. The molecule has 1 N–H and O–H groups in total. The van der Waals surface area contributed by atoms with E-state index in [0.29, 0.717) is 11.3 Å². The fourth-order valence-corrected chi connectivity index (χ4v) is 2.90. The minimum atomic E-state index is -4.96. The number of benzene rings is 1. The average Bonchev–Trinajstić information content (AvgIpc) is 2.88. The van der Waals surface area contributed by atoms with E-state index < -0.39 is 29.2 Å². The van der Waals surface area contributed by atoms with Crippen LogP contribution >= 0.6 is 0 Å². The maximum atomic E-state index is 12.9. The van der Waals surface area contributed by atoms with Crippen molar-refractivity contribution in [2.75, 3.05) is 6.61 Å². The van der Waals surface area contributed by atoms with Crippen molar-refractivity contribution in [1.29, 1.82) is 0 Å². The molecule has 0 saturated heterocycles. The van der Waals surface area contributed by atoms with Crippen LogP contribution < -0.4 is 10.3 Å². The number of rotatable bonds is 4. The normalized spacial score (nSPS) is 11.6. The highest BCUT2D eigenvalue weighted by molar-refractivity contribution is 6.06. The highest BCUT2D eigenvalue weighted by atomic mass is 19.4. The van der Waals surface area contributed by atoms with Crippen LogP contribution in [0.4, 0.5) is 13.2 Å². The molecular formula is C19H16F3NO5. The van der Waals surface area contributed by atoms with E-state index >= 15 is 0 Å². The molecule has 0 fully saturated rings. The molecule has 0 saturated carbocycles. The quantitative estimate of drug-likeness (QED) is 0.659. The maximum Gasteiger partial charge on any atom is 0.573 e. The number of H-pyrrole nitrogens is 1. The third-order valence-corrected chi connectivity index (χ3v) is 4.19. The van der Waals surface area contributed by atoms with Crippen molar-refractivity contribution in [3.05, 3.63) is 51.5 Å². The number of aromatic nitrogens is 1. The summed E-state index contributed by atoms with van der Waals surface area (Å²) in [5.41, 5.74) is -0.546. The molecule has 0 amide bonds. The van der Waals surface area contributed by atoms with Crippen molar-refractivity contribution < 1.29 is 31.9 Å². The first kappa shape index (κ1) is 19.5. The SMILES string of the molecule is CCOC(=O)c1c(-c2ccccc2OC(F)(F)F)c2oc(C)c(C)c2[nH]c1=O. The highest BCUT2D eigenvalue weighted by Gasteiger charge is 2.34. The Morgan fingerprint density at radius 2 is 1.89 bits per heavy atom. The van der Waals surface area contributed by atoms with Gasteiger partial charge in [0, 0.05) is 11.1 Å². The first-order valence-corrected chi connectivity index (χ1v) is 8.32. The third kappa shape index (κ3) is 3.47. The van der Waals surface area contributed by atoms with Gasteiger partial charge in [0.1, 0.15) is 17.1 Å². The third-order valence-electron chi connectivity index (χ3n) is 4.19. The zero-order valence-electron chi connectivity index (χ0n) is 15.2. The first-order chi connectivity index (χ1) is 13.1. The number of carbonyl (C=O) groups is 1. The number of hydrogen-bond donors (Lipinski definition) is 1. The van der Waals surface area contributed by atoms with Crippen molar-refractivity contribution in [2.24, 2.45) is 0 Å². The number of para-hydroxylation sites is 1. The van der Waals surface area contributed by atoms with Gasteiger partial charge in [-0.3, -0.25) is 4.79 Å². The molecule has 28 heavy (non-hydrogen) atoms. The van der Waals surface area contributed by atoms with Gasteiger partial charge in [-0.05, 0) is 26.8 Å². The number of pyridine rings is 1. The molecule has 0 spiro atoms. The molecule has 2 aromatic heterocycles. The van der Waals surface area contributed by atoms with Crippen molar-refractivity contribution >= 4 is 17.1 Å². The second-order valence-corrected chi connectivity index (χ2v) is 5.96. The van der Waals surface area contributed by atoms with E-state index in [1.54, 1.807) is 20.8 Å². The van der Waals surface area contributed by atoms with E-state index in [1.165, 1.54) is 18.2 Å². The van der Waals surface area contributed by atoms with Crippen LogP contribution in [0.25, 0.3) is 22.2 Å². The summed E-state index contributed by atoms with van der Waals surface area (Å²) in [5, 5.41) is 0. The topological polar surface area (TPSA) is 81.5 Å². The van der Waals surface area contributed by atoms with Crippen molar-refractivity contribution in [2.45, 2.75) is 27.1 Å². The zero-order chi connectivity index (χ0) is 20.6. The molecule has 1 aromatic carbocycles. The molecule has 148 valence electrons. The molecule has 6 nitrogen and oxygen atoms in total. The summed E-state index contributed by atoms with van der Waals surface area (Å²) in [6.07, 6.45) is -4.96. The number of ether oxygens (including phenoxy) is 2. The van der Waals surface area contributed by atoms with Crippen LogP contribution in [-0.4, -0.2) is 23.9 Å². The number of fused-ring (bicyclic) bond motifs is 1. The van der Waals surface area contributed by atoms with Gasteiger partial charge in [0.05, 0.1) is 17.7 Å². The van der Waals surface area contributed by atoms with Gasteiger partial charge in [-0.25, -0.2) is 4.79 Å². The Kier molecular flexibility index (Phi) is 4.93. The molecule has 0 aliphatic rings. The largest absolute Gasteiger partial charge is 0.573 e. The molecule has 3 aromatic rings. The van der Waals surface area contributed by atoms with E-state index in [0.717, 1.165) is 6.07 Å². The second-order valence-electron chi connectivity index (χ2n) is 5.96. The number of nitrogens with one attached hydrogen (secondary N) is 1. The van der Waals surface area contributed by atoms with E-state index in [-0.39, 0.29) is 28.8 Å². The Morgan fingerprint density at radius 1 is 1.21 bits per heavy atom. The van der Waals surface area contributed by atoms with Gasteiger partial charge < -0.3 is 18.9 Å². The number of hydrogen-bond acceptors (Lipinski definition) is 5. The van der Waals surface area contributed by atoms with Crippen LogP contribution in [0.15, 0.2) is 33.5 Å². The monoisotopic (exact) mass is 395 g/mol. The Bertz CT molecular complexity index is 1110. The van der Waals surface area contributed by atoms with E-state index in [4.69, 9.17) is 9.15 Å². The van der Waals surface area contributed by atoms with Gasteiger partial charge in [-0.15, -0.1) is 13.2 Å². The number of alkyl halides is 3. The number of carbonyl (C=O) groups excluding carboxylic acids is 1. The fourth-order valence-electron chi connectivity index (χ4n) is 2.90. The maximum absolute atomic E-state index is 12.9. The lowest BCUT2D eigenvalue weighted by molar-refractivity contribution is -0.274. The number of aromatic amines is 1. The lowest BCUT2D eigenvalue weighted by Gasteiger charge is -2.15. The zero-order valence-corrected chi connectivity index (χ0v) is 15.2. The second kappa shape index (κ2) is 7.06. The highest BCUT2D eigenvalue weighted by Crippen LogP contribution is 2.40. The molecule has 0 bridgehead atoms. The van der Waals surface area contributed by atoms with E-state index in [2.05, 4.69) is 9.72 Å². The summed E-state index contributed by atoms with van der Waals surface area (Å²) in [6.45, 7) is 4.85. The van der Waals surface area contributed by atoms with Crippen LogP contribution in [0.1, 0.15) is 28.6 Å². The smallest absolute Gasteiger partial charge is 0.462 e. The average molecular weight is 395 g/mol. The summed E-state index contributed by atoms with van der Waals surface area (Å²) in [6, 6.07) is 5.21. The standard InChI is InChI=1S/C19H16F3NO5/c1-4-26-18(25)14-13(11-7-5-6-8-12(11)28-19(20,21)22)16-15(23-17(14)24)9(2)10(3)27-16/h5-8H,4H2,1-3H3,(H,23,24). The molecule has 0 aliphatic carbocycles. The molecule has 0 atom stereocenters. The summed E-state index contributed by atoms with van der Waals surface area (Å²) >= 11 is 0. The minimum absolute atomic E-state index is 0.0212. The van der Waals surface area contributed by atoms with Crippen LogP contribution in [0.3, 0.4) is 0 Å². The van der Waals surface area contributed by atoms with E-state index in [1.807, 2.05) is 0 Å². The van der Waals surface area contributed by atoms with Gasteiger partial charge in [0.15, 0.2) is 5.58 Å². The summed E-state index contributed by atoms with van der Waals surface area (Å²) in [7, 11) is 0. The summed E-state index contributed by atoms with van der Waals surface area (Å²) in [4.78, 5) is 27.6. The van der Waals surface area contributed by atoms with Gasteiger partial charge in [-0.1, -0.05) is 18.2 Å². The van der Waals surface area contributed by atoms with Crippen LogP contribution in [0.5, 0.6) is 5.75 Å². The first-order valence-electron chi connectivity index (χ1n) is 8.32. The van der Waals surface area contributed by atoms with Gasteiger partial charge >= 0.3 is 12.3 Å². The van der Waals surface area contributed by atoms with Crippen molar-refractivity contribution in [3.8, 4) is 16.9 Å². The Morgan fingerprint density at radius 3 is 2.54 bits per heavy atom. The number of aryl methyl sites for hydroxylation is 2. The molecular weight excluding hydrogens is 379 g/mol. The van der Waals surface area contributed by atoms with Gasteiger partial charge in [0.2, 0.25) is 0 Å². The number of furan rings is 1. The van der Waals surface area contributed by atoms with Gasteiger partial charge in [-0.2, -0.15) is 0 Å². The molecule has 9 heteroatoms. The van der Waals surface area contributed by atoms with Crippen molar-refractivity contribution in [3.63, 3.8) is 0 Å². The van der Waals surface area contributed by atoms with E-state index in [9.17, 15) is 22.8 Å². The summed E-state index contributed by atoms with van der Waals surface area (Å²) < 4.78 is 53.3. The molecule has 2 heterocycles. The predicted octanol–water partition coefficient (Wildman–Crippen LogP) is 4.48. The molecule has 0 aliphatic heterocycles. The fraction of sp³-hybridized carbons (Fsp3) is 0.263. The van der Waals surface area contributed by atoms with Crippen LogP contribution in [0.2, 0.25) is 0 Å². The molecule has 0 unspecified atom stereocenters. The number of halogens is 3. The minimum Gasteiger partial charge on any atom is -0.462 e. The van der Waals surface area contributed by atoms with Crippen LogP contribution in [-0.2, 0) is 4.74 Å². The lowest BCUT2D eigenvalue weighted by Crippen LogP contribution is -2.22. The lowest BCUT2D eigenvalue weighted by atomic mass is 9.98. The summed E-state index contributed by atoms with van der Waals surface area (Å²) in [5.74, 6) is -1.10. The Hall–Kier alpha value is -3.23. The Balaban J connectivity index is 2.43. The van der Waals surface area contributed by atoms with Crippen LogP contribution in [0, 0.1) is 13.8 Å². The van der Waals surface area contributed by atoms with Crippen molar-refractivity contribution in [1.82, 2.24) is 4.98 Å². The Labute approximate surface area is 156 Å². The van der Waals surface area contributed by atoms with Gasteiger partial charge in [0.25, 0.3) is 5.56 Å². The molecule has 0 radical (unpaired) electrons. The number of esters is 1. The molecule has 3 rings (SSSR count).